The molecule has 9 heteroatoms. The Balaban J connectivity index is 1.81. The molecule has 5 rings (SSSR count). The zero-order valence-electron chi connectivity index (χ0n) is 22.4. The second-order valence-electron chi connectivity index (χ2n) is 9.49. The minimum absolute atomic E-state index is 0.265. The molecule has 0 unspecified atom stereocenters. The van der Waals surface area contributed by atoms with Gasteiger partial charge in [-0.3, -0.25) is 9.59 Å². The van der Waals surface area contributed by atoms with Crippen LogP contribution in [0, 0.1) is 16.7 Å². The number of fused-ring (bicyclic) bond motifs is 3. The summed E-state index contributed by atoms with van der Waals surface area (Å²) in [6, 6.07) is 18.5. The number of carbonyl (C=O) groups excluding carboxylic acids is 2. The number of nitrogens with zero attached hydrogens (tertiary/aromatic N) is 2. The van der Waals surface area contributed by atoms with Gasteiger partial charge in [-0.25, -0.2) is 0 Å². The highest BCUT2D eigenvalue weighted by Crippen LogP contribution is 2.57. The van der Waals surface area contributed by atoms with E-state index in [1.807, 2.05) is 41.3 Å². The van der Waals surface area contributed by atoms with Crippen LogP contribution in [0.4, 0.5) is 5.69 Å². The number of nitriles is 1. The first-order valence-electron chi connectivity index (χ1n) is 12.5. The van der Waals surface area contributed by atoms with Crippen LogP contribution in [0.1, 0.15) is 27.4 Å². The highest BCUT2D eigenvalue weighted by Gasteiger charge is 2.67. The molecule has 204 valence electrons. The third-order valence-corrected chi connectivity index (χ3v) is 8.34. The molecule has 0 amide bonds. The van der Waals surface area contributed by atoms with Gasteiger partial charge in [0.2, 0.25) is 0 Å². The predicted molar refractivity (Wildman–Crippen MR) is 153 cm³/mol. The molecule has 2 heterocycles. The minimum atomic E-state index is -1.76. The van der Waals surface area contributed by atoms with E-state index in [2.05, 4.69) is 22.0 Å². The standard InChI is InChI=1S/C31H27BrN2O6/c1-37-23-12-10-20(15-21(23)32)29(35)28-27(19-9-13-24(38-2)25(16-19)39-3)31(17-33,30(36)40-4)26-14-11-18-7-5-6-8-22(18)34(26)28/h5-16,26-28H,1-4H3/t26-,27-,28-,31-/m1/s1. The summed E-state index contributed by atoms with van der Waals surface area (Å²) >= 11 is 3.49. The van der Waals surface area contributed by atoms with E-state index in [-0.39, 0.29) is 5.78 Å². The van der Waals surface area contributed by atoms with Gasteiger partial charge in [-0.2, -0.15) is 5.26 Å². The van der Waals surface area contributed by atoms with Crippen LogP contribution in [-0.4, -0.2) is 52.3 Å². The number of hydrogen-bond acceptors (Lipinski definition) is 8. The van der Waals surface area contributed by atoms with Gasteiger partial charge in [0, 0.05) is 17.2 Å². The highest BCUT2D eigenvalue weighted by atomic mass is 79.9. The number of ketones is 1. The molecule has 0 radical (unpaired) electrons. The van der Waals surface area contributed by atoms with Crippen molar-refractivity contribution in [3.8, 4) is 23.3 Å². The minimum Gasteiger partial charge on any atom is -0.496 e. The number of ether oxygens (including phenoxy) is 4. The zero-order chi connectivity index (χ0) is 28.6. The number of esters is 1. The van der Waals surface area contributed by atoms with Gasteiger partial charge < -0.3 is 23.8 Å². The Bertz CT molecular complexity index is 1560. The molecule has 0 bridgehead atoms. The van der Waals surface area contributed by atoms with Gasteiger partial charge >= 0.3 is 5.97 Å². The van der Waals surface area contributed by atoms with Crippen molar-refractivity contribution in [1.29, 1.82) is 5.26 Å². The summed E-state index contributed by atoms with van der Waals surface area (Å²) in [5.41, 5.74) is 0.815. The largest absolute Gasteiger partial charge is 0.496 e. The van der Waals surface area contributed by atoms with Crippen molar-refractivity contribution in [2.45, 2.75) is 18.0 Å². The monoisotopic (exact) mass is 602 g/mol. The zero-order valence-corrected chi connectivity index (χ0v) is 24.0. The number of Topliss-reactive ketones (excluding diaryl/α,β-unsaturated/α-hetero) is 1. The van der Waals surface area contributed by atoms with Gasteiger partial charge in [0.05, 0.1) is 45.0 Å². The fraction of sp³-hybridized carbons (Fsp3) is 0.258. The van der Waals surface area contributed by atoms with E-state index in [4.69, 9.17) is 18.9 Å². The number of benzene rings is 3. The van der Waals surface area contributed by atoms with Gasteiger partial charge in [-0.1, -0.05) is 36.4 Å². The first-order chi connectivity index (χ1) is 19.4. The van der Waals surface area contributed by atoms with Crippen LogP contribution in [-0.2, 0) is 9.53 Å². The fourth-order valence-electron chi connectivity index (χ4n) is 5.95. The van der Waals surface area contributed by atoms with Crippen molar-refractivity contribution in [2.24, 2.45) is 5.41 Å². The van der Waals surface area contributed by atoms with Gasteiger partial charge in [0.15, 0.2) is 22.7 Å². The quantitative estimate of drug-likeness (QED) is 0.261. The molecule has 0 aromatic heterocycles. The van der Waals surface area contributed by atoms with Crippen LogP contribution in [0.2, 0.25) is 0 Å². The van der Waals surface area contributed by atoms with E-state index < -0.39 is 29.4 Å². The molecule has 0 aliphatic carbocycles. The molecular weight excluding hydrogens is 576 g/mol. The number of methoxy groups -OCH3 is 4. The fourth-order valence-corrected chi connectivity index (χ4v) is 6.49. The first-order valence-corrected chi connectivity index (χ1v) is 13.3. The number of carbonyl (C=O) groups is 2. The predicted octanol–water partition coefficient (Wildman–Crippen LogP) is 5.41. The normalized spacial score (nSPS) is 22.5. The molecular formula is C31H27BrN2O6. The summed E-state index contributed by atoms with van der Waals surface area (Å²) in [6.45, 7) is 0. The summed E-state index contributed by atoms with van der Waals surface area (Å²) in [7, 11) is 5.84. The summed E-state index contributed by atoms with van der Waals surface area (Å²) in [5.74, 6) is -0.451. The third kappa shape index (κ3) is 4.02. The molecule has 1 saturated heterocycles. The van der Waals surface area contributed by atoms with Crippen LogP contribution in [0.15, 0.2) is 71.2 Å². The number of para-hydroxylation sites is 1. The number of anilines is 1. The number of rotatable bonds is 7. The van der Waals surface area contributed by atoms with Crippen molar-refractivity contribution in [1.82, 2.24) is 0 Å². The molecule has 8 nitrogen and oxygen atoms in total. The highest BCUT2D eigenvalue weighted by molar-refractivity contribution is 9.10. The van der Waals surface area contributed by atoms with E-state index in [9.17, 15) is 14.9 Å². The summed E-state index contributed by atoms with van der Waals surface area (Å²) < 4.78 is 22.3. The average molecular weight is 603 g/mol. The van der Waals surface area contributed by atoms with E-state index in [0.29, 0.717) is 32.8 Å². The van der Waals surface area contributed by atoms with E-state index >= 15 is 0 Å². The van der Waals surface area contributed by atoms with Gasteiger partial charge in [-0.05, 0) is 63.5 Å². The van der Waals surface area contributed by atoms with E-state index in [1.54, 1.807) is 43.5 Å². The number of hydrogen-bond donors (Lipinski definition) is 0. The molecule has 3 aromatic rings. The van der Waals surface area contributed by atoms with Crippen molar-refractivity contribution < 1.29 is 28.5 Å². The Hall–Kier alpha value is -4.29. The lowest BCUT2D eigenvalue weighted by Gasteiger charge is -2.36. The Morgan fingerprint density at radius 1 is 0.925 bits per heavy atom. The maximum absolute atomic E-state index is 14.6. The van der Waals surface area contributed by atoms with Crippen LogP contribution in [0.5, 0.6) is 17.2 Å². The summed E-state index contributed by atoms with van der Waals surface area (Å²) in [5, 5.41) is 10.8. The smallest absolute Gasteiger partial charge is 0.329 e. The van der Waals surface area contributed by atoms with E-state index in [1.165, 1.54) is 21.3 Å². The average Bonchev–Trinajstić information content (AvgIpc) is 3.31. The second-order valence-corrected chi connectivity index (χ2v) is 10.3. The SMILES string of the molecule is COC(=O)[C@@]1(C#N)[C@H](c2ccc(OC)c(OC)c2)[C@H](C(=O)c2ccc(OC)c(Br)c2)N2c3ccccc3C=C[C@@H]21. The molecule has 3 aromatic carbocycles. The molecule has 4 atom stereocenters. The Morgan fingerprint density at radius 2 is 1.62 bits per heavy atom. The molecule has 2 aliphatic rings. The maximum Gasteiger partial charge on any atom is 0.329 e. The second kappa shape index (κ2) is 10.7. The topological polar surface area (TPSA) is 98.1 Å². The van der Waals surface area contributed by atoms with Crippen molar-refractivity contribution in [3.05, 3.63) is 87.9 Å². The Labute approximate surface area is 240 Å². The van der Waals surface area contributed by atoms with Crippen molar-refractivity contribution >= 4 is 39.4 Å². The molecule has 1 fully saturated rings. The molecule has 0 saturated carbocycles. The molecule has 0 spiro atoms. The molecule has 0 N–H and O–H groups in total. The van der Waals surface area contributed by atoms with Crippen LogP contribution < -0.4 is 19.1 Å². The molecule has 2 aliphatic heterocycles. The lowest BCUT2D eigenvalue weighted by Crippen LogP contribution is -2.46. The lowest BCUT2D eigenvalue weighted by atomic mass is 9.68. The van der Waals surface area contributed by atoms with Gasteiger partial charge in [0.25, 0.3) is 0 Å². The summed E-state index contributed by atoms with van der Waals surface area (Å²) in [6.07, 6.45) is 3.70. The molecule has 40 heavy (non-hydrogen) atoms. The van der Waals surface area contributed by atoms with Crippen LogP contribution in [0.3, 0.4) is 0 Å². The summed E-state index contributed by atoms with van der Waals surface area (Å²) in [4.78, 5) is 30.2. The first kappa shape index (κ1) is 27.3. The Kier molecular flexibility index (Phi) is 7.30. The lowest BCUT2D eigenvalue weighted by molar-refractivity contribution is -0.150. The van der Waals surface area contributed by atoms with Crippen LogP contribution >= 0.6 is 15.9 Å². The van der Waals surface area contributed by atoms with Gasteiger partial charge in [0.1, 0.15) is 11.8 Å². The number of halogens is 1. The van der Waals surface area contributed by atoms with Gasteiger partial charge in [-0.15, -0.1) is 0 Å². The van der Waals surface area contributed by atoms with Crippen molar-refractivity contribution in [2.75, 3.05) is 33.3 Å². The van der Waals surface area contributed by atoms with Crippen LogP contribution in [0.25, 0.3) is 6.08 Å². The Morgan fingerprint density at radius 3 is 2.27 bits per heavy atom. The third-order valence-electron chi connectivity index (χ3n) is 7.73. The maximum atomic E-state index is 14.6. The van der Waals surface area contributed by atoms with Crippen molar-refractivity contribution in [3.63, 3.8) is 0 Å². The van der Waals surface area contributed by atoms with E-state index in [0.717, 1.165) is 11.3 Å².